The number of nitrogens with zero attached hydrogens (tertiary/aromatic N) is 2. The van der Waals surface area contributed by atoms with Gasteiger partial charge >= 0.3 is 5.97 Å². The number of halogens is 1. The lowest BCUT2D eigenvalue weighted by atomic mass is 10.2. The van der Waals surface area contributed by atoms with Crippen molar-refractivity contribution in [2.24, 2.45) is 10.3 Å². The highest BCUT2D eigenvalue weighted by Crippen LogP contribution is 2.22. The van der Waals surface area contributed by atoms with Gasteiger partial charge in [-0.15, -0.1) is 0 Å². The Hall–Kier alpha value is -2.28. The first-order valence-electron chi connectivity index (χ1n) is 6.63. The number of hydrogen-bond donors (Lipinski definition) is 1. The molecule has 1 heterocycles. The summed E-state index contributed by atoms with van der Waals surface area (Å²) < 4.78 is 10.5. The van der Waals surface area contributed by atoms with Crippen LogP contribution in [0.2, 0.25) is 5.02 Å². The number of benzene rings is 1. The molecule has 0 radical (unpaired) electrons. The van der Waals surface area contributed by atoms with Crippen molar-refractivity contribution in [2.45, 2.75) is 19.4 Å². The van der Waals surface area contributed by atoms with Crippen LogP contribution in [0.3, 0.4) is 0 Å². The van der Waals surface area contributed by atoms with Crippen LogP contribution in [0.1, 0.15) is 18.9 Å². The molecule has 118 valence electrons. The summed E-state index contributed by atoms with van der Waals surface area (Å²) in [6.45, 7) is 2.19. The Kier molecular flexibility index (Phi) is 5.60. The van der Waals surface area contributed by atoms with E-state index in [9.17, 15) is 4.79 Å². The highest BCUT2D eigenvalue weighted by atomic mass is 35.5. The summed E-state index contributed by atoms with van der Waals surface area (Å²) in [5.41, 5.74) is 0.767. The summed E-state index contributed by atoms with van der Waals surface area (Å²) in [5.74, 6) is -0.0000180. The molecule has 1 atom stereocenters. The Morgan fingerprint density at radius 2 is 2.45 bits per heavy atom. The first kappa shape index (κ1) is 16.1. The van der Waals surface area contributed by atoms with E-state index in [-0.39, 0.29) is 25.0 Å². The maximum Gasteiger partial charge on any atom is 0.356 e. The Morgan fingerprint density at radius 1 is 1.64 bits per heavy atom. The van der Waals surface area contributed by atoms with Gasteiger partial charge in [-0.3, -0.25) is 0 Å². The molecule has 0 bridgehead atoms. The second kappa shape index (κ2) is 7.65. The van der Waals surface area contributed by atoms with Crippen LogP contribution >= 0.6 is 11.6 Å². The lowest BCUT2D eigenvalue weighted by Gasteiger charge is -2.12. The molecule has 22 heavy (non-hydrogen) atoms. The number of esters is 1. The number of rotatable bonds is 6. The minimum atomic E-state index is -0.482. The molecule has 0 aliphatic carbocycles. The number of hydrogen-bond acceptors (Lipinski definition) is 7. The van der Waals surface area contributed by atoms with Crippen LogP contribution in [-0.4, -0.2) is 42.4 Å². The van der Waals surface area contributed by atoms with Gasteiger partial charge in [-0.1, -0.05) is 21.9 Å². The number of oxime groups is 2. The van der Waals surface area contributed by atoms with E-state index in [1.807, 2.05) is 0 Å². The van der Waals surface area contributed by atoms with E-state index >= 15 is 0 Å². The van der Waals surface area contributed by atoms with E-state index in [2.05, 4.69) is 10.3 Å². The van der Waals surface area contributed by atoms with Crippen molar-refractivity contribution < 1.29 is 24.3 Å². The van der Waals surface area contributed by atoms with Crippen molar-refractivity contribution in [1.29, 1.82) is 0 Å². The minimum absolute atomic E-state index is 0.181. The monoisotopic (exact) mass is 326 g/mol. The maximum absolute atomic E-state index is 11.5. The van der Waals surface area contributed by atoms with Crippen molar-refractivity contribution in [2.75, 3.05) is 13.2 Å². The predicted molar refractivity (Wildman–Crippen MR) is 79.9 cm³/mol. The highest BCUT2D eigenvalue weighted by molar-refractivity contribution is 6.36. The molecule has 1 N–H and O–H groups in total. The van der Waals surface area contributed by atoms with Gasteiger partial charge in [0.1, 0.15) is 12.4 Å². The molecule has 0 fully saturated rings. The van der Waals surface area contributed by atoms with Gasteiger partial charge in [0, 0.05) is 17.0 Å². The normalized spacial score (nSPS) is 17.2. The Labute approximate surface area is 132 Å². The zero-order valence-corrected chi connectivity index (χ0v) is 12.6. The number of carbonyl (C=O) groups excluding carboxylic acids is 1. The fourth-order valence-corrected chi connectivity index (χ4v) is 2.03. The van der Waals surface area contributed by atoms with Gasteiger partial charge in [-0.05, 0) is 25.1 Å². The summed E-state index contributed by atoms with van der Waals surface area (Å²) in [6, 6.07) is 4.91. The molecule has 1 aliphatic heterocycles. The molecular weight excluding hydrogens is 312 g/mol. The number of carbonyl (C=O) groups is 1. The average molecular weight is 327 g/mol. The fourth-order valence-electron chi connectivity index (χ4n) is 1.85. The summed E-state index contributed by atoms with van der Waals surface area (Å²) in [4.78, 5) is 16.6. The van der Waals surface area contributed by atoms with Gasteiger partial charge in [0.15, 0.2) is 11.8 Å². The zero-order chi connectivity index (χ0) is 15.9. The third-order valence-corrected chi connectivity index (χ3v) is 3.07. The fraction of sp³-hybridized carbons (Fsp3) is 0.357. The van der Waals surface area contributed by atoms with Crippen LogP contribution in [0.4, 0.5) is 0 Å². The van der Waals surface area contributed by atoms with Crippen LogP contribution in [0.5, 0.6) is 5.75 Å². The lowest BCUT2D eigenvalue weighted by molar-refractivity contribution is -0.135. The van der Waals surface area contributed by atoms with Crippen molar-refractivity contribution in [3.05, 3.63) is 28.8 Å². The summed E-state index contributed by atoms with van der Waals surface area (Å²) >= 11 is 5.87. The molecule has 0 aromatic heterocycles. The van der Waals surface area contributed by atoms with Crippen LogP contribution in [0, 0.1) is 0 Å². The van der Waals surface area contributed by atoms with Gasteiger partial charge in [-0.2, -0.15) is 0 Å². The second-order valence-electron chi connectivity index (χ2n) is 4.43. The van der Waals surface area contributed by atoms with E-state index < -0.39 is 5.97 Å². The SMILES string of the molecule is CCOC(=O)C1=NOC(COc2ccc(Cl)cc2/C=N\O)C1. The Balaban J connectivity index is 1.91. The molecule has 1 unspecified atom stereocenters. The van der Waals surface area contributed by atoms with Crippen molar-refractivity contribution >= 4 is 29.5 Å². The first-order valence-corrected chi connectivity index (χ1v) is 7.01. The van der Waals surface area contributed by atoms with Gasteiger partial charge in [0.2, 0.25) is 0 Å². The average Bonchev–Trinajstić information content (AvgIpc) is 2.96. The molecular formula is C14H15ClN2O5. The zero-order valence-electron chi connectivity index (χ0n) is 11.9. The number of ether oxygens (including phenoxy) is 2. The molecule has 1 aromatic rings. The smallest absolute Gasteiger partial charge is 0.356 e. The van der Waals surface area contributed by atoms with Gasteiger partial charge in [-0.25, -0.2) is 4.79 Å². The molecule has 1 aromatic carbocycles. The molecule has 1 aliphatic rings. The van der Waals surface area contributed by atoms with Crippen LogP contribution in [0.25, 0.3) is 0 Å². The summed E-state index contributed by atoms with van der Waals surface area (Å²) in [7, 11) is 0. The van der Waals surface area contributed by atoms with E-state index in [4.69, 9.17) is 31.1 Å². The van der Waals surface area contributed by atoms with Crippen molar-refractivity contribution in [3.8, 4) is 5.75 Å². The first-order chi connectivity index (χ1) is 10.6. The van der Waals surface area contributed by atoms with E-state index in [0.29, 0.717) is 22.8 Å². The third-order valence-electron chi connectivity index (χ3n) is 2.84. The van der Waals surface area contributed by atoms with Crippen LogP contribution in [-0.2, 0) is 14.4 Å². The minimum Gasteiger partial charge on any atom is -0.489 e. The molecule has 7 nitrogen and oxygen atoms in total. The molecule has 0 spiro atoms. The Bertz CT molecular complexity index is 603. The second-order valence-corrected chi connectivity index (χ2v) is 4.86. The topological polar surface area (TPSA) is 89.7 Å². The highest BCUT2D eigenvalue weighted by Gasteiger charge is 2.27. The largest absolute Gasteiger partial charge is 0.489 e. The standard InChI is InChI=1S/C14H15ClN2O5/c1-2-20-14(18)12-6-11(22-17-12)8-21-13-4-3-10(15)5-9(13)7-16-19/h3-5,7,11,19H,2,6,8H2,1H3/b16-7-. The van der Waals surface area contributed by atoms with E-state index in [0.717, 1.165) is 0 Å². The lowest BCUT2D eigenvalue weighted by Crippen LogP contribution is -2.22. The molecule has 0 saturated carbocycles. The van der Waals surface area contributed by atoms with Gasteiger partial charge in [0.25, 0.3) is 0 Å². The van der Waals surface area contributed by atoms with Crippen molar-refractivity contribution in [1.82, 2.24) is 0 Å². The molecule has 0 amide bonds. The van der Waals surface area contributed by atoms with Gasteiger partial charge in [0.05, 0.1) is 12.8 Å². The molecule has 2 rings (SSSR count). The quantitative estimate of drug-likeness (QED) is 0.375. The Morgan fingerprint density at radius 3 is 3.18 bits per heavy atom. The van der Waals surface area contributed by atoms with Crippen LogP contribution < -0.4 is 4.74 Å². The third kappa shape index (κ3) is 4.11. The summed E-state index contributed by atoms with van der Waals surface area (Å²) in [6.07, 6.45) is 1.15. The van der Waals surface area contributed by atoms with E-state index in [1.165, 1.54) is 6.21 Å². The van der Waals surface area contributed by atoms with Gasteiger partial charge < -0.3 is 19.5 Å². The molecule has 8 heteroatoms. The van der Waals surface area contributed by atoms with E-state index in [1.54, 1.807) is 25.1 Å². The van der Waals surface area contributed by atoms with Crippen LogP contribution in [0.15, 0.2) is 28.5 Å². The summed E-state index contributed by atoms with van der Waals surface area (Å²) in [5, 5.41) is 15.8. The molecule has 0 saturated heterocycles. The predicted octanol–water partition coefficient (Wildman–Crippen LogP) is 2.23. The maximum atomic E-state index is 11.5. The van der Waals surface area contributed by atoms with Crippen molar-refractivity contribution in [3.63, 3.8) is 0 Å².